The van der Waals surface area contributed by atoms with Crippen molar-refractivity contribution in [1.29, 1.82) is 0 Å². The van der Waals surface area contributed by atoms with Crippen LogP contribution in [0.15, 0.2) is 54.6 Å². The minimum Gasteiger partial charge on any atom is -0.494 e. The quantitative estimate of drug-likeness (QED) is 0.199. The van der Waals surface area contributed by atoms with Crippen LogP contribution in [0.1, 0.15) is 71.1 Å². The number of anilines is 1. The molecule has 195 valence electrons. The highest BCUT2D eigenvalue weighted by atomic mass is 31.2. The zero-order valence-electron chi connectivity index (χ0n) is 21.3. The Morgan fingerprint density at radius 3 is 1.91 bits per heavy atom. The van der Waals surface area contributed by atoms with Gasteiger partial charge in [-0.1, -0.05) is 82.9 Å². The molecule has 6 nitrogen and oxygen atoms in total. The fourth-order valence-electron chi connectivity index (χ4n) is 4.14. The van der Waals surface area contributed by atoms with Gasteiger partial charge in [0.15, 0.2) is 0 Å². The third kappa shape index (κ3) is 10.7. The van der Waals surface area contributed by atoms with Crippen molar-refractivity contribution in [1.82, 2.24) is 0 Å². The van der Waals surface area contributed by atoms with E-state index in [1.165, 1.54) is 57.8 Å². The Morgan fingerprint density at radius 1 is 0.743 bits per heavy atom. The number of hydrogen-bond donors (Lipinski definition) is 1. The summed E-state index contributed by atoms with van der Waals surface area (Å²) in [6.45, 7) is 4.95. The predicted molar refractivity (Wildman–Crippen MR) is 144 cm³/mol. The Bertz CT molecular complexity index is 795. The molecule has 0 spiro atoms. The van der Waals surface area contributed by atoms with Gasteiger partial charge in [-0.15, -0.1) is 0 Å². The van der Waals surface area contributed by atoms with Crippen LogP contribution in [0.3, 0.4) is 0 Å². The maximum Gasteiger partial charge on any atom is 0.434 e. The zero-order chi connectivity index (χ0) is 24.6. The maximum absolute atomic E-state index is 10.6. The lowest BCUT2D eigenvalue weighted by atomic mass is 10.1. The molecule has 0 atom stereocenters. The Morgan fingerprint density at radius 2 is 1.31 bits per heavy atom. The van der Waals surface area contributed by atoms with E-state index in [-0.39, 0.29) is 0 Å². The lowest BCUT2D eigenvalue weighted by molar-refractivity contribution is 0.117. The van der Waals surface area contributed by atoms with E-state index in [1.807, 2.05) is 30.3 Å². The van der Waals surface area contributed by atoms with Gasteiger partial charge in [-0.05, 0) is 42.8 Å². The summed E-state index contributed by atoms with van der Waals surface area (Å²) in [5, 5.41) is 0. The van der Waals surface area contributed by atoms with Crippen molar-refractivity contribution in [3.8, 4) is 11.5 Å². The summed E-state index contributed by atoms with van der Waals surface area (Å²) in [5.74, 6) is 1.44. The molecule has 2 aromatic rings. The fraction of sp³-hybridized carbons (Fsp3) is 0.571. The molecule has 1 aliphatic rings. The van der Waals surface area contributed by atoms with Gasteiger partial charge in [-0.2, -0.15) is 0 Å². The number of nitrogens with zero attached hydrogens (tertiary/aromatic N) is 1. The van der Waals surface area contributed by atoms with Crippen molar-refractivity contribution < 1.29 is 23.2 Å². The van der Waals surface area contributed by atoms with Gasteiger partial charge in [0.2, 0.25) is 0 Å². The molecular formula is C28H43NO5P. The second-order valence-corrected chi connectivity index (χ2v) is 10.7. The van der Waals surface area contributed by atoms with Crippen molar-refractivity contribution in [2.24, 2.45) is 0 Å². The number of unbranched alkanes of at least 4 members (excludes halogenated alkanes) is 9. The van der Waals surface area contributed by atoms with Crippen LogP contribution in [0.25, 0.3) is 0 Å². The van der Waals surface area contributed by atoms with Crippen LogP contribution in [-0.2, 0) is 9.05 Å². The van der Waals surface area contributed by atoms with Crippen LogP contribution in [0.4, 0.5) is 5.69 Å². The molecule has 0 bridgehead atoms. The Hall–Kier alpha value is -1.85. The van der Waals surface area contributed by atoms with Crippen LogP contribution in [-0.4, -0.2) is 37.8 Å². The average Bonchev–Trinajstić information content (AvgIpc) is 2.86. The van der Waals surface area contributed by atoms with E-state index in [9.17, 15) is 4.89 Å². The van der Waals surface area contributed by atoms with E-state index in [4.69, 9.17) is 18.3 Å². The van der Waals surface area contributed by atoms with Crippen LogP contribution in [0, 0.1) is 0 Å². The molecule has 0 aromatic heterocycles. The number of para-hydroxylation sites is 1. The second kappa shape index (κ2) is 16.0. The summed E-state index contributed by atoms with van der Waals surface area (Å²) in [7, 11) is -3.36. The maximum atomic E-state index is 10.6. The summed E-state index contributed by atoms with van der Waals surface area (Å²) in [5.41, 5.74) is 1.08. The van der Waals surface area contributed by atoms with Gasteiger partial charge in [0, 0.05) is 18.8 Å². The lowest BCUT2D eigenvalue weighted by Gasteiger charge is -2.34. The lowest BCUT2D eigenvalue weighted by Crippen LogP contribution is -2.34. The predicted octanol–water partition coefficient (Wildman–Crippen LogP) is 7.59. The molecule has 0 unspecified atom stereocenters. The van der Waals surface area contributed by atoms with Gasteiger partial charge in [-0.25, -0.2) is 0 Å². The monoisotopic (exact) mass is 504 g/mol. The van der Waals surface area contributed by atoms with E-state index in [0.717, 1.165) is 24.5 Å². The highest BCUT2D eigenvalue weighted by molar-refractivity contribution is 7.55. The molecule has 3 rings (SSSR count). The highest BCUT2D eigenvalue weighted by Gasteiger charge is 2.33. The standard InChI is InChI=1S/C28H43NO5P/c1-2-3-4-5-6-7-8-9-10-14-23-31-27-19-17-26(18-20-27)29-21-24-32-35(30,33-25-22-29)34-28-15-12-11-13-16-28/h11-13,15-20,30H,2-10,14,21-25H2,1H3. The van der Waals surface area contributed by atoms with E-state index in [1.54, 1.807) is 12.1 Å². The Balaban J connectivity index is 1.30. The molecule has 1 aliphatic heterocycles. The van der Waals surface area contributed by atoms with Gasteiger partial charge in [0.05, 0.1) is 19.8 Å². The summed E-state index contributed by atoms with van der Waals surface area (Å²) in [6, 6.07) is 17.3. The number of hydrogen-bond acceptors (Lipinski definition) is 6. The van der Waals surface area contributed by atoms with E-state index < -0.39 is 8.17 Å². The Kier molecular flexibility index (Phi) is 12.7. The first-order valence-electron chi connectivity index (χ1n) is 13.3. The second-order valence-electron chi connectivity index (χ2n) is 9.05. The van der Waals surface area contributed by atoms with Crippen LogP contribution >= 0.6 is 8.17 Å². The molecule has 2 aromatic carbocycles. The van der Waals surface area contributed by atoms with Crippen molar-refractivity contribution in [3.63, 3.8) is 0 Å². The van der Waals surface area contributed by atoms with Gasteiger partial charge >= 0.3 is 8.17 Å². The van der Waals surface area contributed by atoms with Crippen LogP contribution in [0.5, 0.6) is 11.5 Å². The van der Waals surface area contributed by atoms with Gasteiger partial charge in [0.25, 0.3) is 0 Å². The molecule has 0 saturated carbocycles. The third-order valence-electron chi connectivity index (χ3n) is 6.16. The highest BCUT2D eigenvalue weighted by Crippen LogP contribution is 2.57. The minimum absolute atomic E-state index is 0.314. The molecular weight excluding hydrogens is 461 g/mol. The molecule has 0 aliphatic carbocycles. The molecule has 1 saturated heterocycles. The Labute approximate surface area is 212 Å². The molecule has 1 radical (unpaired) electrons. The summed E-state index contributed by atoms with van der Waals surface area (Å²) in [6.07, 6.45) is 13.3. The smallest absolute Gasteiger partial charge is 0.434 e. The van der Waals surface area contributed by atoms with Crippen molar-refractivity contribution in [2.45, 2.75) is 71.1 Å². The summed E-state index contributed by atoms with van der Waals surface area (Å²) >= 11 is 0. The van der Waals surface area contributed by atoms with E-state index in [0.29, 0.717) is 32.1 Å². The zero-order valence-corrected chi connectivity index (χ0v) is 22.2. The molecule has 1 N–H and O–H groups in total. The normalized spacial score (nSPS) is 15.9. The number of rotatable bonds is 15. The number of benzene rings is 2. The fourth-order valence-corrected chi connectivity index (χ4v) is 5.33. The summed E-state index contributed by atoms with van der Waals surface area (Å²) < 4.78 is 22.8. The molecule has 7 heteroatoms. The van der Waals surface area contributed by atoms with Crippen molar-refractivity contribution >= 4 is 13.9 Å². The number of ether oxygens (including phenoxy) is 1. The van der Waals surface area contributed by atoms with E-state index >= 15 is 0 Å². The van der Waals surface area contributed by atoms with Crippen LogP contribution < -0.4 is 14.2 Å². The summed E-state index contributed by atoms with van der Waals surface area (Å²) in [4.78, 5) is 12.8. The first-order chi connectivity index (χ1) is 17.2. The molecule has 1 fully saturated rings. The van der Waals surface area contributed by atoms with E-state index in [2.05, 4.69) is 24.0 Å². The minimum atomic E-state index is -3.36. The topological polar surface area (TPSA) is 60.4 Å². The molecule has 0 amide bonds. The first kappa shape index (κ1) is 27.7. The van der Waals surface area contributed by atoms with Crippen molar-refractivity contribution in [3.05, 3.63) is 54.6 Å². The van der Waals surface area contributed by atoms with Crippen molar-refractivity contribution in [2.75, 3.05) is 37.8 Å². The largest absolute Gasteiger partial charge is 0.494 e. The van der Waals surface area contributed by atoms with Gasteiger partial charge < -0.3 is 19.1 Å². The molecule has 35 heavy (non-hydrogen) atoms. The average molecular weight is 505 g/mol. The van der Waals surface area contributed by atoms with Crippen LogP contribution in [0.2, 0.25) is 0 Å². The SMILES string of the molecule is CCCCCCCCCCCCOc1ccc(N2CCO[P](O)(Oc3ccccc3)OCC2)cc1. The first-order valence-corrected chi connectivity index (χ1v) is 14.8. The van der Waals surface area contributed by atoms with Gasteiger partial charge in [-0.3, -0.25) is 9.05 Å². The van der Waals surface area contributed by atoms with Gasteiger partial charge in [0.1, 0.15) is 11.5 Å². The molecule has 1 heterocycles. The third-order valence-corrected chi connectivity index (χ3v) is 7.62.